The number of hydrogen-bond donors (Lipinski definition) is 1. The first kappa shape index (κ1) is 24.0. The van der Waals surface area contributed by atoms with Crippen molar-refractivity contribution in [3.8, 4) is 11.5 Å². The third-order valence-corrected chi connectivity index (χ3v) is 4.27. The van der Waals surface area contributed by atoms with Crippen LogP contribution in [-0.4, -0.2) is 11.7 Å². The number of ether oxygens (including phenoxy) is 1. The van der Waals surface area contributed by atoms with Crippen LogP contribution in [0, 0.1) is 11.6 Å². The predicted octanol–water partition coefficient (Wildman–Crippen LogP) is 5.94. The molecule has 0 atom stereocenters. The SMILES string of the molecule is O=C1C=C(NC(=O)c2c(Oc3ccc(F)cc3F)cc(C(F)(F)F)cc2C(F)(F)F)C=CC1. The number of carbonyl (C=O) groups is 2. The van der Waals surface area contributed by atoms with E-state index in [2.05, 4.69) is 0 Å². The zero-order valence-corrected chi connectivity index (χ0v) is 16.1. The molecular formula is C21H11F8NO3. The van der Waals surface area contributed by atoms with Crippen LogP contribution in [0.2, 0.25) is 0 Å². The van der Waals surface area contributed by atoms with E-state index in [1.54, 1.807) is 0 Å². The highest BCUT2D eigenvalue weighted by Crippen LogP contribution is 2.43. The molecule has 0 aromatic heterocycles. The van der Waals surface area contributed by atoms with Gasteiger partial charge in [0.05, 0.1) is 16.7 Å². The van der Waals surface area contributed by atoms with Crippen LogP contribution in [0.1, 0.15) is 27.9 Å². The molecule has 1 N–H and O–H groups in total. The second-order valence-corrected chi connectivity index (χ2v) is 6.70. The maximum absolute atomic E-state index is 14.0. The van der Waals surface area contributed by atoms with E-state index >= 15 is 0 Å². The highest BCUT2D eigenvalue weighted by atomic mass is 19.4. The van der Waals surface area contributed by atoms with Crippen LogP contribution in [0.3, 0.4) is 0 Å². The number of nitrogens with one attached hydrogen (secondary N) is 1. The lowest BCUT2D eigenvalue weighted by atomic mass is 10.00. The van der Waals surface area contributed by atoms with Crippen LogP contribution in [0.25, 0.3) is 0 Å². The summed E-state index contributed by atoms with van der Waals surface area (Å²) in [5.41, 5.74) is -5.45. The zero-order chi connectivity index (χ0) is 24.6. The molecule has 1 aliphatic rings. The average molecular weight is 477 g/mol. The van der Waals surface area contributed by atoms with Crippen molar-refractivity contribution in [1.82, 2.24) is 5.32 Å². The fourth-order valence-corrected chi connectivity index (χ4v) is 2.85. The minimum Gasteiger partial charge on any atom is -0.453 e. The van der Waals surface area contributed by atoms with E-state index in [1.165, 1.54) is 12.2 Å². The molecule has 0 bridgehead atoms. The Labute approximate surface area is 180 Å². The molecule has 4 nitrogen and oxygen atoms in total. The molecule has 33 heavy (non-hydrogen) atoms. The number of benzene rings is 2. The predicted molar refractivity (Wildman–Crippen MR) is 97.2 cm³/mol. The maximum atomic E-state index is 14.0. The Morgan fingerprint density at radius 1 is 0.939 bits per heavy atom. The molecule has 0 heterocycles. The summed E-state index contributed by atoms with van der Waals surface area (Å²) < 4.78 is 113. The van der Waals surface area contributed by atoms with Crippen LogP contribution in [-0.2, 0) is 17.1 Å². The third kappa shape index (κ3) is 5.57. The molecule has 1 aliphatic carbocycles. The minimum absolute atomic E-state index is 0.0222. The second kappa shape index (κ2) is 8.68. The molecule has 0 fully saturated rings. The van der Waals surface area contributed by atoms with Gasteiger partial charge in [-0.1, -0.05) is 6.08 Å². The Balaban J connectivity index is 2.20. The van der Waals surface area contributed by atoms with Crippen molar-refractivity contribution < 1.29 is 49.4 Å². The van der Waals surface area contributed by atoms with Crippen LogP contribution < -0.4 is 10.1 Å². The zero-order valence-electron chi connectivity index (χ0n) is 16.1. The van der Waals surface area contributed by atoms with Crippen LogP contribution in [0.4, 0.5) is 35.1 Å². The number of allylic oxidation sites excluding steroid dienone is 3. The quantitative estimate of drug-likeness (QED) is 0.555. The van der Waals surface area contributed by atoms with Gasteiger partial charge in [-0.15, -0.1) is 0 Å². The van der Waals surface area contributed by atoms with Crippen molar-refractivity contribution in [2.24, 2.45) is 0 Å². The lowest BCUT2D eigenvalue weighted by Gasteiger charge is -2.20. The summed E-state index contributed by atoms with van der Waals surface area (Å²) in [7, 11) is 0. The van der Waals surface area contributed by atoms with Gasteiger partial charge >= 0.3 is 12.4 Å². The lowest BCUT2D eigenvalue weighted by molar-refractivity contribution is -0.143. The van der Waals surface area contributed by atoms with Gasteiger partial charge in [0.25, 0.3) is 5.91 Å². The molecule has 12 heteroatoms. The average Bonchev–Trinajstić information content (AvgIpc) is 2.68. The number of amides is 1. The fourth-order valence-electron chi connectivity index (χ4n) is 2.85. The summed E-state index contributed by atoms with van der Waals surface area (Å²) in [6.45, 7) is 0. The number of rotatable bonds is 4. The van der Waals surface area contributed by atoms with E-state index in [9.17, 15) is 44.7 Å². The number of hydrogen-bond acceptors (Lipinski definition) is 3. The van der Waals surface area contributed by atoms with Gasteiger partial charge in [0.2, 0.25) is 0 Å². The lowest BCUT2D eigenvalue weighted by Crippen LogP contribution is -2.27. The number of halogens is 8. The van der Waals surface area contributed by atoms with Gasteiger partial charge in [0.1, 0.15) is 11.6 Å². The normalized spacial score (nSPS) is 14.2. The van der Waals surface area contributed by atoms with Crippen molar-refractivity contribution in [2.45, 2.75) is 18.8 Å². The fraction of sp³-hybridized carbons (Fsp3) is 0.143. The largest absolute Gasteiger partial charge is 0.453 e. The monoisotopic (exact) mass is 477 g/mol. The van der Waals surface area contributed by atoms with E-state index in [4.69, 9.17) is 4.74 Å². The summed E-state index contributed by atoms with van der Waals surface area (Å²) in [4.78, 5) is 24.2. The maximum Gasteiger partial charge on any atom is 0.417 e. The van der Waals surface area contributed by atoms with E-state index in [0.717, 1.165) is 6.08 Å². The molecule has 2 aromatic rings. The van der Waals surface area contributed by atoms with Gasteiger partial charge in [-0.2, -0.15) is 26.3 Å². The standard InChI is InChI=1S/C21H11F8NO3/c22-11-4-5-16(15(23)8-11)33-17-7-10(20(24,25)26)6-14(21(27,28)29)18(17)19(32)30-12-2-1-3-13(31)9-12/h1-2,4-9H,3H2,(H,30,32). The number of ketones is 1. The van der Waals surface area contributed by atoms with Crippen molar-refractivity contribution in [1.29, 1.82) is 0 Å². The number of carbonyl (C=O) groups excluding carboxylic acids is 2. The van der Waals surface area contributed by atoms with Gasteiger partial charge in [-0.05, 0) is 30.3 Å². The molecular weight excluding hydrogens is 466 g/mol. The van der Waals surface area contributed by atoms with Gasteiger partial charge in [-0.25, -0.2) is 8.78 Å². The molecule has 3 rings (SSSR count). The Hall–Kier alpha value is -3.70. The van der Waals surface area contributed by atoms with E-state index in [-0.39, 0.29) is 30.3 Å². The van der Waals surface area contributed by atoms with Crippen LogP contribution in [0.15, 0.2) is 54.3 Å². The summed E-state index contributed by atoms with van der Waals surface area (Å²) >= 11 is 0. The highest BCUT2D eigenvalue weighted by molar-refractivity contribution is 6.01. The number of alkyl halides is 6. The molecule has 0 spiro atoms. The molecule has 0 saturated carbocycles. The van der Waals surface area contributed by atoms with E-state index < -0.39 is 63.9 Å². The highest BCUT2D eigenvalue weighted by Gasteiger charge is 2.42. The molecule has 0 radical (unpaired) electrons. The van der Waals surface area contributed by atoms with Gasteiger partial charge in [0, 0.05) is 24.3 Å². The summed E-state index contributed by atoms with van der Waals surface area (Å²) in [6.07, 6.45) is -7.34. The molecule has 2 aromatic carbocycles. The van der Waals surface area contributed by atoms with Crippen molar-refractivity contribution in [2.75, 3.05) is 0 Å². The van der Waals surface area contributed by atoms with Crippen molar-refractivity contribution in [3.05, 3.63) is 82.6 Å². The molecule has 0 saturated heterocycles. The summed E-state index contributed by atoms with van der Waals surface area (Å²) in [6, 6.07) is 1.36. The smallest absolute Gasteiger partial charge is 0.417 e. The van der Waals surface area contributed by atoms with E-state index in [1.807, 2.05) is 5.32 Å². The Bertz CT molecular complexity index is 1180. The third-order valence-electron chi connectivity index (χ3n) is 4.27. The first-order valence-corrected chi connectivity index (χ1v) is 8.93. The second-order valence-electron chi connectivity index (χ2n) is 6.70. The van der Waals surface area contributed by atoms with Crippen molar-refractivity contribution >= 4 is 11.7 Å². The Morgan fingerprint density at radius 3 is 2.21 bits per heavy atom. The summed E-state index contributed by atoms with van der Waals surface area (Å²) in [5.74, 6) is -6.79. The molecule has 174 valence electrons. The first-order valence-electron chi connectivity index (χ1n) is 8.93. The molecule has 0 aliphatic heterocycles. The van der Waals surface area contributed by atoms with Gasteiger partial charge in [0.15, 0.2) is 17.3 Å². The summed E-state index contributed by atoms with van der Waals surface area (Å²) in [5, 5.41) is 1.99. The Kier molecular flexibility index (Phi) is 6.30. The molecule has 0 unspecified atom stereocenters. The van der Waals surface area contributed by atoms with Crippen molar-refractivity contribution in [3.63, 3.8) is 0 Å². The Morgan fingerprint density at radius 2 is 1.64 bits per heavy atom. The minimum atomic E-state index is -5.46. The molecule has 1 amide bonds. The van der Waals surface area contributed by atoms with Gasteiger partial charge < -0.3 is 10.1 Å². The van der Waals surface area contributed by atoms with Gasteiger partial charge in [-0.3, -0.25) is 9.59 Å². The van der Waals surface area contributed by atoms with Crippen LogP contribution in [0.5, 0.6) is 11.5 Å². The first-order chi connectivity index (χ1) is 15.3. The topological polar surface area (TPSA) is 55.4 Å². The van der Waals surface area contributed by atoms with Crippen LogP contribution >= 0.6 is 0 Å². The van der Waals surface area contributed by atoms with E-state index in [0.29, 0.717) is 12.1 Å².